The van der Waals surface area contributed by atoms with Gasteiger partial charge in [0.2, 0.25) is 0 Å². The van der Waals surface area contributed by atoms with Crippen molar-refractivity contribution in [2.75, 3.05) is 5.32 Å². The molecule has 114 valence electrons. The summed E-state index contributed by atoms with van der Waals surface area (Å²) in [7, 11) is 0. The number of fused-ring (bicyclic) bond motifs is 1. The minimum absolute atomic E-state index is 0.249. The van der Waals surface area contributed by atoms with Crippen molar-refractivity contribution in [3.8, 4) is 6.07 Å². The number of hydrogen-bond acceptors (Lipinski definition) is 3. The van der Waals surface area contributed by atoms with Gasteiger partial charge in [-0.1, -0.05) is 27.5 Å². The molecule has 1 amide bonds. The smallest absolute Gasteiger partial charge is 0.291 e. The van der Waals surface area contributed by atoms with E-state index in [9.17, 15) is 4.79 Å². The van der Waals surface area contributed by atoms with Crippen LogP contribution in [-0.2, 0) is 0 Å². The van der Waals surface area contributed by atoms with Crippen molar-refractivity contribution in [1.29, 1.82) is 5.26 Å². The van der Waals surface area contributed by atoms with E-state index in [1.807, 2.05) is 31.2 Å². The van der Waals surface area contributed by atoms with Crippen LogP contribution < -0.4 is 5.32 Å². The number of nitriles is 1. The molecule has 0 radical (unpaired) electrons. The third kappa shape index (κ3) is 2.96. The zero-order chi connectivity index (χ0) is 16.6. The number of aryl methyl sites for hydroxylation is 1. The first-order valence-electron chi connectivity index (χ1n) is 6.69. The monoisotopic (exact) mass is 388 g/mol. The minimum atomic E-state index is -0.365. The van der Waals surface area contributed by atoms with Crippen molar-refractivity contribution >= 4 is 50.1 Å². The van der Waals surface area contributed by atoms with Crippen LogP contribution in [0.2, 0.25) is 5.02 Å². The van der Waals surface area contributed by atoms with Gasteiger partial charge in [-0.3, -0.25) is 4.79 Å². The molecule has 6 heteroatoms. The van der Waals surface area contributed by atoms with Crippen molar-refractivity contribution in [2.24, 2.45) is 0 Å². The second kappa shape index (κ2) is 6.07. The number of carbonyl (C=O) groups excluding carboxylic acids is 1. The highest BCUT2D eigenvalue weighted by atomic mass is 79.9. The van der Waals surface area contributed by atoms with Crippen LogP contribution in [-0.4, -0.2) is 5.91 Å². The van der Waals surface area contributed by atoms with Gasteiger partial charge >= 0.3 is 0 Å². The molecule has 3 rings (SSSR count). The number of rotatable bonds is 2. The standard InChI is InChI=1S/C17H10BrClN2O2/c1-9-13-6-11(18)3-5-15(13)23-16(9)17(22)21-12-4-2-10(8-20)14(19)7-12/h2-7H,1H3,(H,21,22). The van der Waals surface area contributed by atoms with E-state index >= 15 is 0 Å². The number of hydrogen-bond donors (Lipinski definition) is 1. The number of nitrogens with one attached hydrogen (secondary N) is 1. The van der Waals surface area contributed by atoms with E-state index in [-0.39, 0.29) is 16.7 Å². The van der Waals surface area contributed by atoms with E-state index < -0.39 is 0 Å². The summed E-state index contributed by atoms with van der Waals surface area (Å²) in [6.07, 6.45) is 0. The molecule has 2 aromatic carbocycles. The predicted molar refractivity (Wildman–Crippen MR) is 92.8 cm³/mol. The third-order valence-corrected chi connectivity index (χ3v) is 4.26. The molecule has 0 aliphatic rings. The average molecular weight is 390 g/mol. The molecule has 0 saturated heterocycles. The zero-order valence-corrected chi connectivity index (χ0v) is 14.3. The first-order chi connectivity index (χ1) is 11.0. The van der Waals surface area contributed by atoms with Crippen molar-refractivity contribution < 1.29 is 9.21 Å². The molecule has 0 aliphatic carbocycles. The molecule has 0 unspecified atom stereocenters. The van der Waals surface area contributed by atoms with E-state index in [1.165, 1.54) is 6.07 Å². The molecule has 0 fully saturated rings. The lowest BCUT2D eigenvalue weighted by Crippen LogP contribution is -2.12. The lowest BCUT2D eigenvalue weighted by atomic mass is 10.1. The quantitative estimate of drug-likeness (QED) is 0.648. The van der Waals surface area contributed by atoms with E-state index in [0.717, 1.165) is 15.4 Å². The highest BCUT2D eigenvalue weighted by Crippen LogP contribution is 2.29. The molecule has 4 nitrogen and oxygen atoms in total. The molecule has 23 heavy (non-hydrogen) atoms. The summed E-state index contributed by atoms with van der Waals surface area (Å²) in [5.41, 5.74) is 2.27. The van der Waals surface area contributed by atoms with Crippen molar-refractivity contribution in [3.05, 3.63) is 62.8 Å². The summed E-state index contributed by atoms with van der Waals surface area (Å²) < 4.78 is 6.56. The fourth-order valence-corrected chi connectivity index (χ4v) is 2.86. The average Bonchev–Trinajstić information content (AvgIpc) is 2.84. The Bertz CT molecular complexity index is 973. The molecule has 0 saturated carbocycles. The van der Waals surface area contributed by atoms with Gasteiger partial charge in [0.15, 0.2) is 5.76 Å². The Balaban J connectivity index is 1.93. The van der Waals surface area contributed by atoms with Gasteiger partial charge in [0.1, 0.15) is 11.7 Å². The molecule has 0 atom stereocenters. The van der Waals surface area contributed by atoms with Crippen LogP contribution in [0.4, 0.5) is 5.69 Å². The largest absolute Gasteiger partial charge is 0.451 e. The van der Waals surface area contributed by atoms with Gasteiger partial charge in [-0.2, -0.15) is 5.26 Å². The Morgan fingerprint density at radius 2 is 2.09 bits per heavy atom. The maximum absolute atomic E-state index is 12.4. The second-order valence-corrected chi connectivity index (χ2v) is 6.28. The highest BCUT2D eigenvalue weighted by Gasteiger charge is 2.18. The summed E-state index contributed by atoms with van der Waals surface area (Å²) in [4.78, 5) is 12.4. The van der Waals surface area contributed by atoms with E-state index in [4.69, 9.17) is 21.3 Å². The molecule has 1 heterocycles. The number of halogens is 2. The van der Waals surface area contributed by atoms with Crippen molar-refractivity contribution in [1.82, 2.24) is 0 Å². The van der Waals surface area contributed by atoms with E-state index in [1.54, 1.807) is 12.1 Å². The second-order valence-electron chi connectivity index (χ2n) is 4.96. The number of nitrogens with zero attached hydrogens (tertiary/aromatic N) is 1. The van der Waals surface area contributed by atoms with Gasteiger partial charge in [0.25, 0.3) is 5.91 Å². The Morgan fingerprint density at radius 1 is 1.30 bits per heavy atom. The Labute approximate surface area is 145 Å². The molecule has 1 N–H and O–H groups in total. The Morgan fingerprint density at radius 3 is 2.78 bits per heavy atom. The number of benzene rings is 2. The lowest BCUT2D eigenvalue weighted by Gasteiger charge is -2.05. The summed E-state index contributed by atoms with van der Waals surface area (Å²) in [6.45, 7) is 1.83. The van der Waals surface area contributed by atoms with E-state index in [0.29, 0.717) is 16.8 Å². The molecule has 1 aromatic heterocycles. The summed E-state index contributed by atoms with van der Waals surface area (Å²) in [5.74, 6) is -0.117. The van der Waals surface area contributed by atoms with Crippen LogP contribution in [0.3, 0.4) is 0 Å². The van der Waals surface area contributed by atoms with Crippen LogP contribution in [0.1, 0.15) is 21.7 Å². The molecular weight excluding hydrogens is 380 g/mol. The van der Waals surface area contributed by atoms with Gasteiger partial charge in [0.05, 0.1) is 10.6 Å². The van der Waals surface area contributed by atoms with Crippen LogP contribution in [0.5, 0.6) is 0 Å². The van der Waals surface area contributed by atoms with Crippen LogP contribution in [0.15, 0.2) is 45.3 Å². The SMILES string of the molecule is Cc1c(C(=O)Nc2ccc(C#N)c(Cl)c2)oc2ccc(Br)cc12. The summed E-state index contributed by atoms with van der Waals surface area (Å²) >= 11 is 9.37. The minimum Gasteiger partial charge on any atom is -0.451 e. The molecule has 3 aromatic rings. The molecule has 0 aliphatic heterocycles. The molecule has 0 spiro atoms. The fourth-order valence-electron chi connectivity index (χ4n) is 2.28. The van der Waals surface area contributed by atoms with Crippen molar-refractivity contribution in [2.45, 2.75) is 6.92 Å². The van der Waals surface area contributed by atoms with Gasteiger partial charge in [-0.25, -0.2) is 0 Å². The highest BCUT2D eigenvalue weighted by molar-refractivity contribution is 9.10. The number of carbonyl (C=O) groups is 1. The van der Waals surface area contributed by atoms with Crippen LogP contribution in [0.25, 0.3) is 11.0 Å². The number of anilines is 1. The van der Waals surface area contributed by atoms with Crippen molar-refractivity contribution in [3.63, 3.8) is 0 Å². The molecule has 0 bridgehead atoms. The molecular formula is C17H10BrClN2O2. The summed E-state index contributed by atoms with van der Waals surface area (Å²) in [5, 5.41) is 12.8. The third-order valence-electron chi connectivity index (χ3n) is 3.45. The lowest BCUT2D eigenvalue weighted by molar-refractivity contribution is 0.0998. The van der Waals surface area contributed by atoms with Crippen LogP contribution >= 0.6 is 27.5 Å². The fraction of sp³-hybridized carbons (Fsp3) is 0.0588. The van der Waals surface area contributed by atoms with E-state index in [2.05, 4.69) is 21.2 Å². The first kappa shape index (κ1) is 15.6. The Kier molecular flexibility index (Phi) is 4.12. The first-order valence-corrected chi connectivity index (χ1v) is 7.86. The maximum atomic E-state index is 12.4. The number of amides is 1. The van der Waals surface area contributed by atoms with Gasteiger partial charge in [-0.15, -0.1) is 0 Å². The predicted octanol–water partition coefficient (Wildman–Crippen LogP) is 5.28. The van der Waals surface area contributed by atoms with Gasteiger partial charge in [0, 0.05) is 21.1 Å². The summed E-state index contributed by atoms with van der Waals surface area (Å²) in [6, 6.07) is 12.3. The number of furan rings is 1. The van der Waals surface area contributed by atoms with Gasteiger partial charge < -0.3 is 9.73 Å². The Hall–Kier alpha value is -2.29. The maximum Gasteiger partial charge on any atom is 0.291 e. The van der Waals surface area contributed by atoms with Crippen LogP contribution in [0, 0.1) is 18.3 Å². The van der Waals surface area contributed by atoms with Gasteiger partial charge in [-0.05, 0) is 43.3 Å². The zero-order valence-electron chi connectivity index (χ0n) is 12.0. The topological polar surface area (TPSA) is 66.0 Å². The normalized spacial score (nSPS) is 10.5.